The summed E-state index contributed by atoms with van der Waals surface area (Å²) in [7, 11) is 1.73. The highest BCUT2D eigenvalue weighted by Crippen LogP contribution is 2.50. The van der Waals surface area contributed by atoms with Gasteiger partial charge < -0.3 is 59.6 Å². The van der Waals surface area contributed by atoms with Gasteiger partial charge >= 0.3 is 0 Å². The molecule has 12 atom stereocenters. The normalized spacial score (nSPS) is 24.9. The maximum absolute atomic E-state index is 10.9. The van der Waals surface area contributed by atoms with Crippen molar-refractivity contribution in [3.63, 3.8) is 0 Å². The molecule has 3 aromatic carbocycles. The number of ether oxygens (including phenoxy) is 2. The second kappa shape index (κ2) is 31.0. The first-order valence-corrected chi connectivity index (χ1v) is 39.0. The van der Waals surface area contributed by atoms with E-state index in [4.69, 9.17) is 53.5 Å². The van der Waals surface area contributed by atoms with E-state index in [0.29, 0.717) is 46.2 Å². The fraction of sp³-hybridized carbons (Fsp3) is 0.458. The van der Waals surface area contributed by atoms with Gasteiger partial charge in [0.1, 0.15) is 82.0 Å². The number of hydrazine groups is 1. The number of aryl methyl sites for hydroxylation is 3. The molecule has 7 aliphatic rings. The van der Waals surface area contributed by atoms with E-state index in [0.717, 1.165) is 149 Å². The fourth-order valence-corrected chi connectivity index (χ4v) is 17.3. The zero-order chi connectivity index (χ0) is 73.2. The second-order valence-electron chi connectivity index (χ2n) is 31.5. The topological polar surface area (TPSA) is 296 Å². The zero-order valence-electron chi connectivity index (χ0n) is 60.5. The molecular weight excluding hydrogens is 1400 g/mol. The first kappa shape index (κ1) is 73.4. The van der Waals surface area contributed by atoms with E-state index in [9.17, 15) is 20.4 Å². The molecule has 0 amide bonds. The molecule has 10 heterocycles. The van der Waals surface area contributed by atoms with E-state index in [1.807, 2.05) is 65.7 Å². The Morgan fingerprint density at radius 3 is 1.24 bits per heavy atom. The minimum atomic E-state index is -0.863. The summed E-state index contributed by atoms with van der Waals surface area (Å²) in [6.07, 6.45) is 22.5. The van der Waals surface area contributed by atoms with Crippen LogP contribution >= 0.6 is 23.2 Å². The molecule has 19 rings (SSSR count). The molecule has 12 aromatic rings. The van der Waals surface area contributed by atoms with Crippen LogP contribution in [-0.4, -0.2) is 148 Å². The molecule has 23 nitrogen and oxygen atoms in total. The molecule has 9 N–H and O–H groups in total. The SMILES string of the molecule is C.CC1(C)O[C@@H]2[C@@H](CCc3ccc4ccc(NCC5CC5)nc4c3)C[C@@H](n3ccc4c(Cl)ncnc43)[C@@H]2O1.CN(N)c1ncnc2c1ccn2[C@@H]1C[C@H](CCc2ccc3ccc(NCC4CC4)nc3c2)[C@@H](O)[C@H]1O.O[C@@H]1[C@@H](CCc2ccc3ccc(NCC4CC4)nc3c2)C[C@@H](n2ccc3c(Cl)ncnc32)[C@@H]1O. The Morgan fingerprint density at radius 2 is 0.824 bits per heavy atom. The number of nitrogens with zero attached hydrogens (tertiary/aromatic N) is 13. The summed E-state index contributed by atoms with van der Waals surface area (Å²) in [6.45, 7) is 7.04. The fourth-order valence-electron chi connectivity index (χ4n) is 16.9. The molecule has 25 heteroatoms. The third-order valence-corrected chi connectivity index (χ3v) is 24.0. The van der Waals surface area contributed by atoms with Crippen LogP contribution in [0.5, 0.6) is 0 Å². The number of rotatable bonds is 22. The third-order valence-electron chi connectivity index (χ3n) is 23.4. The summed E-state index contributed by atoms with van der Waals surface area (Å²) in [5.41, 5.74) is 8.95. The first-order chi connectivity index (χ1) is 52.0. The number of nitrogens with two attached hydrogens (primary N) is 1. The maximum atomic E-state index is 10.9. The van der Waals surface area contributed by atoms with Crippen molar-refractivity contribution >= 4 is 112 Å². The van der Waals surface area contributed by atoms with Crippen molar-refractivity contribution in [2.24, 2.45) is 41.4 Å². The molecule has 0 radical (unpaired) electrons. The van der Waals surface area contributed by atoms with Crippen molar-refractivity contribution in [1.82, 2.24) is 58.6 Å². The third kappa shape index (κ3) is 15.7. The number of anilines is 4. The molecule has 1 aliphatic heterocycles. The van der Waals surface area contributed by atoms with Gasteiger partial charge in [0.25, 0.3) is 0 Å². The van der Waals surface area contributed by atoms with Crippen LogP contribution in [0, 0.1) is 35.5 Å². The van der Waals surface area contributed by atoms with Crippen molar-refractivity contribution in [2.45, 2.75) is 178 Å². The summed E-state index contributed by atoms with van der Waals surface area (Å²) < 4.78 is 19.0. The van der Waals surface area contributed by atoms with E-state index in [-0.39, 0.29) is 49.6 Å². The quantitative estimate of drug-likeness (QED) is 0.0178. The number of halogens is 2. The lowest BCUT2D eigenvalue weighted by Gasteiger charge is -2.24. The molecule has 564 valence electrons. The van der Waals surface area contributed by atoms with Gasteiger partial charge in [0.15, 0.2) is 11.6 Å². The van der Waals surface area contributed by atoms with Crippen LogP contribution in [0.1, 0.15) is 133 Å². The van der Waals surface area contributed by atoms with Crippen LogP contribution in [0.4, 0.5) is 23.3 Å². The predicted octanol–water partition coefficient (Wildman–Crippen LogP) is 14.2. The molecule has 108 heavy (non-hydrogen) atoms. The average molecular weight is 1500 g/mol. The molecule has 0 unspecified atom stereocenters. The number of nitrogens with one attached hydrogen (secondary N) is 3. The lowest BCUT2D eigenvalue weighted by molar-refractivity contribution is -0.160. The highest BCUT2D eigenvalue weighted by molar-refractivity contribution is 6.34. The van der Waals surface area contributed by atoms with Crippen LogP contribution in [0.25, 0.3) is 65.8 Å². The Balaban J connectivity index is 0.000000123. The van der Waals surface area contributed by atoms with Gasteiger partial charge in [-0.25, -0.2) is 50.7 Å². The lowest BCUT2D eigenvalue weighted by atomic mass is 9.95. The molecule has 0 bridgehead atoms. The van der Waals surface area contributed by atoms with Gasteiger partial charge in [-0.2, -0.15) is 0 Å². The van der Waals surface area contributed by atoms with Crippen LogP contribution in [0.2, 0.25) is 10.3 Å². The molecule has 0 spiro atoms. The van der Waals surface area contributed by atoms with Crippen molar-refractivity contribution in [2.75, 3.05) is 47.6 Å². The summed E-state index contributed by atoms with van der Waals surface area (Å²) in [4.78, 5) is 40.2. The highest BCUT2D eigenvalue weighted by Gasteiger charge is 2.54. The van der Waals surface area contributed by atoms with Gasteiger partial charge in [0.05, 0.1) is 69.1 Å². The summed E-state index contributed by atoms with van der Waals surface area (Å²) in [5.74, 6) is 11.5. The number of hydrogen-bond donors (Lipinski definition) is 8. The molecular formula is C83H97Cl2N17O6. The summed E-state index contributed by atoms with van der Waals surface area (Å²) >= 11 is 12.5. The van der Waals surface area contributed by atoms with Crippen molar-refractivity contribution < 1.29 is 29.9 Å². The number of aliphatic hydroxyl groups excluding tert-OH is 4. The largest absolute Gasteiger partial charge is 0.390 e. The van der Waals surface area contributed by atoms with Gasteiger partial charge in [0, 0.05) is 61.4 Å². The standard InChI is InChI=1S/C29H32ClN5O2.C27H33N7O2.C26H28ClN5O2.CH4/c1-29(2)36-25-20(14-23(26(25)37-29)35-12-11-21-27(30)32-16-33-28(21)35)8-6-17-5-7-19-9-10-24(34-22(19)13-17)31-15-18-3-4-18;1-33(28)26-20-10-11-34(27(20)31-15-30-26)22-13-19(24(35)25(22)36)7-5-16-4-6-18-8-9-23(32-21(18)12-16)29-14-17-2-3-17;27-25-19-9-10-32(26(19)30-14-29-25)21-12-18(23(33)24(21)34)6-4-15-3-5-17-7-8-22(31-20(17)11-15)28-13-16-1-2-16;/h5,7,9-13,16,18,20,23,25-26H,3-4,6,8,14-15H2,1-2H3,(H,31,34);4,6,8-12,15,17,19,22,24-25,35-36H,2-3,5,7,13-14,28H2,1H3,(H,29,32);3,5,7-11,14,16,18,21,23-24,33-34H,1-2,4,6,12-13H2,(H,28,31);1H4/t20-,23+,25+,26-;19-,22+,24+,25-;18-,21+,23+,24-;/m000./s1. The van der Waals surface area contributed by atoms with E-state index >= 15 is 0 Å². The monoisotopic (exact) mass is 1500 g/mol. The van der Waals surface area contributed by atoms with Crippen molar-refractivity contribution in [3.8, 4) is 0 Å². The Hall–Kier alpha value is -8.75. The number of fused-ring (bicyclic) bond motifs is 7. The Morgan fingerprint density at radius 1 is 0.463 bits per heavy atom. The lowest BCUT2D eigenvalue weighted by Crippen LogP contribution is -2.29. The van der Waals surface area contributed by atoms with Gasteiger partial charge in [0.2, 0.25) is 0 Å². The smallest absolute Gasteiger partial charge is 0.163 e. The first-order valence-electron chi connectivity index (χ1n) is 38.2. The van der Waals surface area contributed by atoms with E-state index < -0.39 is 30.2 Å². The Bertz CT molecular complexity index is 5200. The second-order valence-corrected chi connectivity index (χ2v) is 32.2. The van der Waals surface area contributed by atoms with Crippen LogP contribution in [0.3, 0.4) is 0 Å². The van der Waals surface area contributed by atoms with Gasteiger partial charge in [-0.15, -0.1) is 0 Å². The number of aliphatic hydroxyl groups is 4. The number of aromatic nitrogens is 12. The minimum Gasteiger partial charge on any atom is -0.390 e. The van der Waals surface area contributed by atoms with Crippen molar-refractivity contribution in [1.29, 1.82) is 0 Å². The Kier molecular flexibility index (Phi) is 21.0. The zero-order valence-corrected chi connectivity index (χ0v) is 62.0. The molecule has 7 fully saturated rings. The average Bonchev–Trinajstić information content (AvgIpc) is 1.58. The number of benzene rings is 3. The van der Waals surface area contributed by atoms with Crippen LogP contribution < -0.4 is 26.8 Å². The predicted molar refractivity (Wildman–Crippen MR) is 425 cm³/mol. The summed E-state index contributed by atoms with van der Waals surface area (Å²) in [6, 6.07) is 37.4. The van der Waals surface area contributed by atoms with E-state index in [1.54, 1.807) is 7.05 Å². The number of pyridine rings is 3. The molecule has 6 aliphatic carbocycles. The van der Waals surface area contributed by atoms with Gasteiger partial charge in [-0.05, 0) is 235 Å². The van der Waals surface area contributed by atoms with Gasteiger partial charge in [-0.1, -0.05) is 67.0 Å². The van der Waals surface area contributed by atoms with Crippen molar-refractivity contribution in [3.05, 3.63) is 174 Å². The molecule has 1 saturated heterocycles. The highest BCUT2D eigenvalue weighted by atomic mass is 35.5. The Labute approximate surface area is 638 Å². The van der Waals surface area contributed by atoms with Crippen LogP contribution in [0.15, 0.2) is 147 Å². The molecule has 6 saturated carbocycles. The number of hydrogen-bond acceptors (Lipinski definition) is 20. The minimum absolute atomic E-state index is 0. The summed E-state index contributed by atoms with van der Waals surface area (Å²) in [5, 5.41) is 62.1. The van der Waals surface area contributed by atoms with E-state index in [1.165, 1.54) is 84.6 Å². The van der Waals surface area contributed by atoms with Crippen LogP contribution in [-0.2, 0) is 28.7 Å². The van der Waals surface area contributed by atoms with E-state index in [2.05, 4.69) is 135 Å². The maximum Gasteiger partial charge on any atom is 0.163 e. The molecule has 9 aromatic heterocycles. The van der Waals surface area contributed by atoms with Gasteiger partial charge in [-0.3, -0.25) is 5.01 Å².